The van der Waals surface area contributed by atoms with Gasteiger partial charge in [-0.05, 0) is 50.6 Å². The third kappa shape index (κ3) is 3.62. The number of aryl methyl sites for hydroxylation is 2. The van der Waals surface area contributed by atoms with Crippen molar-refractivity contribution in [1.29, 1.82) is 0 Å². The lowest BCUT2D eigenvalue weighted by Crippen LogP contribution is -2.09. The standard InChI is InChI=1S/C22H22N6/c1-15-10-13-28(27-15)20-7-5-4-6-19(20)14-24-21-16(2)17(3)25-22(26-21)18-8-11-23-12-9-18/h4-13H,14H2,1-3H3,(H,24,25,26). The highest BCUT2D eigenvalue weighted by molar-refractivity contribution is 5.59. The van der Waals surface area contributed by atoms with Crippen molar-refractivity contribution in [2.45, 2.75) is 27.3 Å². The fraction of sp³-hybridized carbons (Fsp3) is 0.182. The molecule has 1 aromatic carbocycles. The molecule has 0 bridgehead atoms. The zero-order valence-corrected chi connectivity index (χ0v) is 16.2. The molecule has 140 valence electrons. The molecule has 0 radical (unpaired) electrons. The smallest absolute Gasteiger partial charge is 0.161 e. The predicted molar refractivity (Wildman–Crippen MR) is 110 cm³/mol. The summed E-state index contributed by atoms with van der Waals surface area (Å²) < 4.78 is 1.91. The van der Waals surface area contributed by atoms with E-state index >= 15 is 0 Å². The van der Waals surface area contributed by atoms with Crippen molar-refractivity contribution in [3.63, 3.8) is 0 Å². The summed E-state index contributed by atoms with van der Waals surface area (Å²) in [5.41, 5.74) is 6.15. The molecule has 0 unspecified atom stereocenters. The molecular formula is C22H22N6. The fourth-order valence-corrected chi connectivity index (χ4v) is 3.04. The molecule has 1 N–H and O–H groups in total. The molecule has 0 amide bonds. The number of aromatic nitrogens is 5. The average molecular weight is 370 g/mol. The lowest BCUT2D eigenvalue weighted by atomic mass is 10.1. The van der Waals surface area contributed by atoms with Crippen LogP contribution in [-0.4, -0.2) is 24.7 Å². The Bertz CT molecular complexity index is 1100. The van der Waals surface area contributed by atoms with E-state index in [0.29, 0.717) is 12.4 Å². The Morgan fingerprint density at radius 1 is 0.929 bits per heavy atom. The zero-order chi connectivity index (χ0) is 19.5. The third-order valence-electron chi connectivity index (χ3n) is 4.73. The van der Waals surface area contributed by atoms with Gasteiger partial charge in [0.2, 0.25) is 0 Å². The van der Waals surface area contributed by atoms with Crippen LogP contribution in [0.1, 0.15) is 22.5 Å². The maximum absolute atomic E-state index is 4.75. The van der Waals surface area contributed by atoms with Gasteiger partial charge in [0.25, 0.3) is 0 Å². The summed E-state index contributed by atoms with van der Waals surface area (Å²) in [6.07, 6.45) is 5.49. The van der Waals surface area contributed by atoms with Crippen molar-refractivity contribution in [2.24, 2.45) is 0 Å². The molecule has 6 heteroatoms. The van der Waals surface area contributed by atoms with Crippen molar-refractivity contribution in [2.75, 3.05) is 5.32 Å². The SMILES string of the molecule is Cc1ccn(-c2ccccc2CNc2nc(-c3ccncc3)nc(C)c2C)n1. The minimum Gasteiger partial charge on any atom is -0.366 e. The average Bonchev–Trinajstić information content (AvgIpc) is 3.16. The van der Waals surface area contributed by atoms with Crippen molar-refractivity contribution >= 4 is 5.82 Å². The summed E-state index contributed by atoms with van der Waals surface area (Å²) in [5.74, 6) is 1.54. The molecule has 0 fully saturated rings. The number of para-hydroxylation sites is 1. The van der Waals surface area contributed by atoms with E-state index < -0.39 is 0 Å². The summed E-state index contributed by atoms with van der Waals surface area (Å²) in [5, 5.41) is 8.03. The van der Waals surface area contributed by atoms with Crippen LogP contribution in [0.2, 0.25) is 0 Å². The summed E-state index contributed by atoms with van der Waals surface area (Å²) >= 11 is 0. The van der Waals surface area contributed by atoms with Gasteiger partial charge in [-0.15, -0.1) is 0 Å². The molecular weight excluding hydrogens is 348 g/mol. The van der Waals surface area contributed by atoms with Crippen LogP contribution in [0.4, 0.5) is 5.82 Å². The number of anilines is 1. The molecule has 28 heavy (non-hydrogen) atoms. The molecule has 3 heterocycles. The van der Waals surface area contributed by atoms with E-state index in [1.54, 1.807) is 12.4 Å². The molecule has 3 aromatic heterocycles. The first-order valence-corrected chi connectivity index (χ1v) is 9.22. The second kappa shape index (κ2) is 7.60. The molecule has 0 aliphatic heterocycles. The van der Waals surface area contributed by atoms with E-state index in [9.17, 15) is 0 Å². The molecule has 4 aromatic rings. The van der Waals surface area contributed by atoms with Gasteiger partial charge >= 0.3 is 0 Å². The maximum Gasteiger partial charge on any atom is 0.161 e. The third-order valence-corrected chi connectivity index (χ3v) is 4.73. The zero-order valence-electron chi connectivity index (χ0n) is 16.2. The minimum atomic E-state index is 0.641. The highest BCUT2D eigenvalue weighted by Crippen LogP contribution is 2.22. The van der Waals surface area contributed by atoms with Crippen LogP contribution in [0.5, 0.6) is 0 Å². The van der Waals surface area contributed by atoms with Crippen LogP contribution < -0.4 is 5.32 Å². The molecule has 0 aliphatic rings. The number of nitrogens with zero attached hydrogens (tertiary/aromatic N) is 5. The quantitative estimate of drug-likeness (QED) is 0.568. The number of benzene rings is 1. The van der Waals surface area contributed by atoms with Crippen molar-refractivity contribution in [3.8, 4) is 17.1 Å². The molecule has 0 spiro atoms. The first kappa shape index (κ1) is 17.9. The number of hydrogen-bond donors (Lipinski definition) is 1. The Morgan fingerprint density at radius 3 is 2.46 bits per heavy atom. The van der Waals surface area contributed by atoms with Crippen LogP contribution in [0.15, 0.2) is 61.1 Å². The summed E-state index contributed by atoms with van der Waals surface area (Å²) in [6, 6.07) is 14.1. The molecule has 4 rings (SSSR count). The normalized spacial score (nSPS) is 10.8. The van der Waals surface area contributed by atoms with E-state index in [0.717, 1.165) is 39.6 Å². The maximum atomic E-state index is 4.75. The summed E-state index contributed by atoms with van der Waals surface area (Å²) in [6.45, 7) is 6.68. The second-order valence-corrected chi connectivity index (χ2v) is 6.73. The van der Waals surface area contributed by atoms with Crippen LogP contribution in [0.3, 0.4) is 0 Å². The first-order chi connectivity index (χ1) is 13.6. The van der Waals surface area contributed by atoms with E-state index in [2.05, 4.69) is 32.5 Å². The van der Waals surface area contributed by atoms with Gasteiger partial charge in [-0.1, -0.05) is 18.2 Å². The Morgan fingerprint density at radius 2 is 1.71 bits per heavy atom. The summed E-state index contributed by atoms with van der Waals surface area (Å²) in [4.78, 5) is 13.5. The Hall–Kier alpha value is -3.54. The molecule has 6 nitrogen and oxygen atoms in total. The second-order valence-electron chi connectivity index (χ2n) is 6.73. The molecule has 0 saturated heterocycles. The van der Waals surface area contributed by atoms with Gasteiger partial charge in [-0.25, -0.2) is 14.6 Å². The van der Waals surface area contributed by atoms with Gasteiger partial charge < -0.3 is 5.32 Å². The molecule has 0 saturated carbocycles. The van der Waals surface area contributed by atoms with Crippen molar-refractivity contribution in [3.05, 3.63) is 83.6 Å². The van der Waals surface area contributed by atoms with Gasteiger partial charge in [0.05, 0.1) is 11.4 Å². The Balaban J connectivity index is 1.64. The van der Waals surface area contributed by atoms with Crippen LogP contribution in [0.25, 0.3) is 17.1 Å². The van der Waals surface area contributed by atoms with E-state index in [1.807, 2.05) is 62.0 Å². The first-order valence-electron chi connectivity index (χ1n) is 9.22. The van der Waals surface area contributed by atoms with Gasteiger partial charge in [0.15, 0.2) is 5.82 Å². The van der Waals surface area contributed by atoms with Crippen LogP contribution in [-0.2, 0) is 6.54 Å². The van der Waals surface area contributed by atoms with Gasteiger partial charge in [0.1, 0.15) is 5.82 Å². The van der Waals surface area contributed by atoms with E-state index in [4.69, 9.17) is 4.98 Å². The molecule has 0 aliphatic carbocycles. The van der Waals surface area contributed by atoms with Crippen LogP contribution in [0, 0.1) is 20.8 Å². The predicted octanol–water partition coefficient (Wildman–Crippen LogP) is 4.26. The van der Waals surface area contributed by atoms with Crippen LogP contribution >= 0.6 is 0 Å². The lowest BCUT2D eigenvalue weighted by molar-refractivity contribution is 0.847. The number of hydrogen-bond acceptors (Lipinski definition) is 5. The fourth-order valence-electron chi connectivity index (χ4n) is 3.04. The minimum absolute atomic E-state index is 0.641. The topological polar surface area (TPSA) is 68.5 Å². The number of nitrogens with one attached hydrogen (secondary N) is 1. The highest BCUT2D eigenvalue weighted by atomic mass is 15.3. The highest BCUT2D eigenvalue weighted by Gasteiger charge is 2.11. The number of rotatable bonds is 5. The van der Waals surface area contributed by atoms with Gasteiger partial charge in [0, 0.05) is 42.0 Å². The lowest BCUT2D eigenvalue weighted by Gasteiger charge is -2.14. The largest absolute Gasteiger partial charge is 0.366 e. The van der Waals surface area contributed by atoms with E-state index in [1.165, 1.54) is 0 Å². The Kier molecular flexibility index (Phi) is 4.85. The Labute approximate surface area is 164 Å². The van der Waals surface area contributed by atoms with Crippen molar-refractivity contribution in [1.82, 2.24) is 24.7 Å². The monoisotopic (exact) mass is 370 g/mol. The molecule has 0 atom stereocenters. The number of pyridine rings is 1. The summed E-state index contributed by atoms with van der Waals surface area (Å²) in [7, 11) is 0. The van der Waals surface area contributed by atoms with Gasteiger partial charge in [-0.3, -0.25) is 4.98 Å². The van der Waals surface area contributed by atoms with Gasteiger partial charge in [-0.2, -0.15) is 5.10 Å². The van der Waals surface area contributed by atoms with Crippen molar-refractivity contribution < 1.29 is 0 Å². The van der Waals surface area contributed by atoms with E-state index in [-0.39, 0.29) is 0 Å².